The fraction of sp³-hybridized carbons (Fsp3) is 0.333. The van der Waals surface area contributed by atoms with Crippen molar-refractivity contribution in [2.24, 2.45) is 0 Å². The molecule has 0 saturated carbocycles. The molecule has 0 spiro atoms. The maximum Gasteiger partial charge on any atom is 0.328 e. The molecule has 0 aliphatic heterocycles. The zero-order chi connectivity index (χ0) is 16.2. The third-order valence-electron chi connectivity index (χ3n) is 2.50. The Bertz CT molecular complexity index is 658. The first-order valence-electron chi connectivity index (χ1n) is 5.68. The van der Waals surface area contributed by atoms with Crippen molar-refractivity contribution < 1.29 is 27.9 Å². The number of aliphatic carboxylic acids is 1. The fourth-order valence-corrected chi connectivity index (χ4v) is 2.47. The van der Waals surface area contributed by atoms with Gasteiger partial charge in [-0.2, -0.15) is 0 Å². The Balaban J connectivity index is 3.08. The van der Waals surface area contributed by atoms with Crippen molar-refractivity contribution in [3.63, 3.8) is 0 Å². The fourth-order valence-electron chi connectivity index (χ4n) is 1.49. The van der Waals surface area contributed by atoms with Gasteiger partial charge in [0.15, 0.2) is 15.9 Å². The van der Waals surface area contributed by atoms with Crippen molar-refractivity contribution in [3.8, 4) is 0 Å². The summed E-state index contributed by atoms with van der Waals surface area (Å²) >= 11 is 5.77. The predicted molar refractivity (Wildman–Crippen MR) is 75.3 cm³/mol. The molecule has 0 saturated heterocycles. The van der Waals surface area contributed by atoms with E-state index in [4.69, 9.17) is 16.7 Å². The zero-order valence-electron chi connectivity index (χ0n) is 11.3. The zero-order valence-corrected chi connectivity index (χ0v) is 12.9. The number of sulfone groups is 1. The third-order valence-corrected chi connectivity index (χ3v) is 3.81. The Morgan fingerprint density at radius 1 is 1.38 bits per heavy atom. The van der Waals surface area contributed by atoms with Crippen LogP contribution in [0, 0.1) is 0 Å². The number of carbonyl (C=O) groups excluding carboxylic acids is 1. The van der Waals surface area contributed by atoms with E-state index in [1.54, 1.807) is 0 Å². The van der Waals surface area contributed by atoms with Crippen LogP contribution in [-0.2, 0) is 19.4 Å². The summed E-state index contributed by atoms with van der Waals surface area (Å²) < 4.78 is 27.7. The van der Waals surface area contributed by atoms with Gasteiger partial charge < -0.3 is 15.2 Å². The van der Waals surface area contributed by atoms with Crippen LogP contribution in [0.3, 0.4) is 0 Å². The lowest BCUT2D eigenvalue weighted by Gasteiger charge is -2.14. The Labute approximate surface area is 126 Å². The van der Waals surface area contributed by atoms with Gasteiger partial charge in [0.1, 0.15) is 0 Å². The van der Waals surface area contributed by atoms with Crippen LogP contribution in [0.2, 0.25) is 5.02 Å². The molecule has 0 radical (unpaired) electrons. The van der Waals surface area contributed by atoms with Crippen LogP contribution in [0.25, 0.3) is 0 Å². The maximum atomic E-state index is 12.0. The number of nitrogens with one attached hydrogen (secondary N) is 1. The quantitative estimate of drug-likeness (QED) is 0.786. The van der Waals surface area contributed by atoms with Gasteiger partial charge in [-0.15, -0.1) is 0 Å². The van der Waals surface area contributed by atoms with E-state index in [9.17, 15) is 18.0 Å². The molecule has 116 valence electrons. The van der Waals surface area contributed by atoms with E-state index in [1.165, 1.54) is 19.2 Å². The number of carboxylic acids is 1. The number of ether oxygens (including phenoxy) is 1. The van der Waals surface area contributed by atoms with Gasteiger partial charge in [-0.05, 0) is 18.2 Å². The molecule has 1 aromatic rings. The second-order valence-electron chi connectivity index (χ2n) is 4.27. The normalized spacial score (nSPS) is 12.7. The minimum Gasteiger partial charge on any atom is -0.480 e. The number of carboxylic acid groups (broad SMARTS) is 1. The lowest BCUT2D eigenvalue weighted by atomic mass is 10.2. The van der Waals surface area contributed by atoms with Gasteiger partial charge in [-0.25, -0.2) is 13.2 Å². The van der Waals surface area contributed by atoms with E-state index in [2.05, 4.69) is 10.1 Å². The van der Waals surface area contributed by atoms with Crippen molar-refractivity contribution >= 4 is 33.3 Å². The summed E-state index contributed by atoms with van der Waals surface area (Å²) in [7, 11) is -2.25. The Kier molecular flexibility index (Phi) is 5.70. The molecule has 7 nitrogen and oxygen atoms in total. The summed E-state index contributed by atoms with van der Waals surface area (Å²) in [6, 6.07) is 2.33. The molecule has 2 N–H and O–H groups in total. The lowest BCUT2D eigenvalue weighted by molar-refractivity contribution is -0.140. The standard InChI is InChI=1S/C12H14ClNO6S/c1-20-6-10(12(16)17)14-11(15)7-3-8(13)5-9(4-7)21(2,18)19/h3-5,10H,6H2,1-2H3,(H,14,15)(H,16,17). The lowest BCUT2D eigenvalue weighted by Crippen LogP contribution is -2.43. The summed E-state index contributed by atoms with van der Waals surface area (Å²) in [4.78, 5) is 22.8. The minimum atomic E-state index is -3.54. The molecule has 9 heteroatoms. The summed E-state index contributed by atoms with van der Waals surface area (Å²) in [5.74, 6) is -2.03. The molecular formula is C12H14ClNO6S. The van der Waals surface area contributed by atoms with Crippen LogP contribution in [0.1, 0.15) is 10.4 Å². The summed E-state index contributed by atoms with van der Waals surface area (Å²) in [6.07, 6.45) is 0.978. The highest BCUT2D eigenvalue weighted by Crippen LogP contribution is 2.19. The molecular weight excluding hydrogens is 322 g/mol. The number of benzene rings is 1. The van der Waals surface area contributed by atoms with E-state index >= 15 is 0 Å². The van der Waals surface area contributed by atoms with Gasteiger partial charge >= 0.3 is 5.97 Å². The van der Waals surface area contributed by atoms with Gasteiger partial charge in [0.2, 0.25) is 0 Å². The number of rotatable bonds is 6. The van der Waals surface area contributed by atoms with Crippen molar-refractivity contribution in [2.45, 2.75) is 10.9 Å². The number of hydrogen-bond donors (Lipinski definition) is 2. The van der Waals surface area contributed by atoms with Crippen LogP contribution in [0.15, 0.2) is 23.1 Å². The molecule has 1 atom stereocenters. The number of carbonyl (C=O) groups is 2. The summed E-state index contributed by atoms with van der Waals surface area (Å²) in [6.45, 7) is -0.222. The molecule has 0 aliphatic carbocycles. The van der Waals surface area contributed by atoms with E-state index in [0.717, 1.165) is 12.3 Å². The first kappa shape index (κ1) is 17.4. The van der Waals surface area contributed by atoms with Crippen LogP contribution < -0.4 is 5.32 Å². The Morgan fingerprint density at radius 2 is 2.00 bits per heavy atom. The second kappa shape index (κ2) is 6.88. The van der Waals surface area contributed by atoms with Gasteiger partial charge in [0.05, 0.1) is 11.5 Å². The second-order valence-corrected chi connectivity index (χ2v) is 6.72. The molecule has 1 amide bonds. The minimum absolute atomic E-state index is 0.0507. The summed E-state index contributed by atoms with van der Waals surface area (Å²) in [5, 5.41) is 11.2. The van der Waals surface area contributed by atoms with E-state index in [0.29, 0.717) is 0 Å². The molecule has 1 rings (SSSR count). The molecule has 0 fully saturated rings. The van der Waals surface area contributed by atoms with E-state index in [1.807, 2.05) is 0 Å². The highest BCUT2D eigenvalue weighted by atomic mass is 35.5. The monoisotopic (exact) mass is 335 g/mol. The first-order valence-corrected chi connectivity index (χ1v) is 7.95. The van der Waals surface area contributed by atoms with Crippen LogP contribution in [0.4, 0.5) is 0 Å². The largest absolute Gasteiger partial charge is 0.480 e. The topological polar surface area (TPSA) is 110 Å². The predicted octanol–water partition coefficient (Wildman–Crippen LogP) is 0.573. The van der Waals surface area contributed by atoms with Crippen molar-refractivity contribution in [1.82, 2.24) is 5.32 Å². The number of halogens is 1. The van der Waals surface area contributed by atoms with Gasteiger partial charge in [-0.1, -0.05) is 11.6 Å². The van der Waals surface area contributed by atoms with Crippen LogP contribution >= 0.6 is 11.6 Å². The average Bonchev–Trinajstić information content (AvgIpc) is 2.36. The van der Waals surface area contributed by atoms with Crippen LogP contribution in [0.5, 0.6) is 0 Å². The molecule has 21 heavy (non-hydrogen) atoms. The maximum absolute atomic E-state index is 12.0. The molecule has 0 heterocycles. The summed E-state index contributed by atoms with van der Waals surface area (Å²) in [5.41, 5.74) is -0.0507. The molecule has 0 aliphatic rings. The van der Waals surface area contributed by atoms with Crippen molar-refractivity contribution in [3.05, 3.63) is 28.8 Å². The SMILES string of the molecule is COCC(NC(=O)c1cc(Cl)cc(S(C)(=O)=O)c1)C(=O)O. The van der Waals surface area contributed by atoms with E-state index in [-0.39, 0.29) is 22.1 Å². The number of methoxy groups -OCH3 is 1. The Morgan fingerprint density at radius 3 is 2.48 bits per heavy atom. The number of hydrogen-bond acceptors (Lipinski definition) is 5. The van der Waals surface area contributed by atoms with Gasteiger partial charge in [-0.3, -0.25) is 4.79 Å². The average molecular weight is 336 g/mol. The number of amides is 1. The molecule has 1 aromatic carbocycles. The smallest absolute Gasteiger partial charge is 0.328 e. The molecule has 0 bridgehead atoms. The van der Waals surface area contributed by atoms with E-state index < -0.39 is 27.8 Å². The highest BCUT2D eigenvalue weighted by molar-refractivity contribution is 7.90. The van der Waals surface area contributed by atoms with Crippen molar-refractivity contribution in [1.29, 1.82) is 0 Å². The van der Waals surface area contributed by atoms with Crippen LogP contribution in [-0.4, -0.2) is 51.4 Å². The third kappa shape index (κ3) is 5.00. The van der Waals surface area contributed by atoms with Gasteiger partial charge in [0, 0.05) is 24.0 Å². The Hall–Kier alpha value is -1.64. The van der Waals surface area contributed by atoms with Gasteiger partial charge in [0.25, 0.3) is 5.91 Å². The van der Waals surface area contributed by atoms with Crippen molar-refractivity contribution in [2.75, 3.05) is 20.0 Å². The molecule has 1 unspecified atom stereocenters. The first-order chi connectivity index (χ1) is 9.65. The highest BCUT2D eigenvalue weighted by Gasteiger charge is 2.21. The molecule has 0 aromatic heterocycles.